The summed E-state index contributed by atoms with van der Waals surface area (Å²) in [6.07, 6.45) is 1.77. The molecule has 1 aliphatic carbocycles. The molecule has 7 nitrogen and oxygen atoms in total. The Morgan fingerprint density at radius 1 is 1.30 bits per heavy atom. The normalized spacial score (nSPS) is 21.6. The van der Waals surface area contributed by atoms with Crippen LogP contribution in [-0.2, 0) is 16.7 Å². The second-order valence-corrected chi connectivity index (χ2v) is 9.08. The molecule has 4 rings (SSSR count). The second kappa shape index (κ2) is 8.37. The first-order valence-electron chi connectivity index (χ1n) is 10.9. The third kappa shape index (κ3) is 3.84. The molecule has 1 amide bonds. The third-order valence-corrected chi connectivity index (χ3v) is 6.70. The lowest BCUT2D eigenvalue weighted by Crippen LogP contribution is -2.52. The van der Waals surface area contributed by atoms with Crippen LogP contribution in [0.15, 0.2) is 29.2 Å². The molecule has 2 heterocycles. The summed E-state index contributed by atoms with van der Waals surface area (Å²) < 4.78 is 33.9. The lowest BCUT2D eigenvalue weighted by Gasteiger charge is -2.39. The van der Waals surface area contributed by atoms with E-state index in [1.165, 1.54) is 12.3 Å². The molecule has 176 valence electrons. The van der Waals surface area contributed by atoms with Crippen molar-refractivity contribution >= 4 is 11.7 Å². The Balaban J connectivity index is 1.72. The quantitative estimate of drug-likeness (QED) is 0.642. The van der Waals surface area contributed by atoms with E-state index in [0.717, 1.165) is 12.1 Å². The number of halogens is 2. The van der Waals surface area contributed by atoms with Crippen LogP contribution in [0.1, 0.15) is 53.1 Å². The molecule has 0 unspecified atom stereocenters. The highest BCUT2D eigenvalue weighted by atomic mass is 19.1. The number of ether oxygens (including phenoxy) is 1. The number of carbonyl (C=O) groups is 2. The van der Waals surface area contributed by atoms with Crippen LogP contribution in [0.4, 0.5) is 8.78 Å². The smallest absolute Gasteiger partial charge is 0.274 e. The van der Waals surface area contributed by atoms with Crippen molar-refractivity contribution < 1.29 is 28.2 Å². The van der Waals surface area contributed by atoms with Crippen LogP contribution < -0.4 is 5.43 Å². The Hall–Kier alpha value is -3.07. The third-order valence-electron chi connectivity index (χ3n) is 6.70. The van der Waals surface area contributed by atoms with E-state index in [2.05, 4.69) is 0 Å². The molecule has 1 saturated carbocycles. The van der Waals surface area contributed by atoms with Crippen molar-refractivity contribution in [2.75, 3.05) is 20.3 Å². The van der Waals surface area contributed by atoms with Crippen LogP contribution in [0.3, 0.4) is 0 Å². The van der Waals surface area contributed by atoms with E-state index in [4.69, 9.17) is 4.74 Å². The van der Waals surface area contributed by atoms with Gasteiger partial charge in [0.1, 0.15) is 11.6 Å². The van der Waals surface area contributed by atoms with Gasteiger partial charge in [-0.2, -0.15) is 0 Å². The second-order valence-electron chi connectivity index (χ2n) is 9.08. The van der Waals surface area contributed by atoms with Gasteiger partial charge in [-0.3, -0.25) is 14.4 Å². The van der Waals surface area contributed by atoms with Crippen molar-refractivity contribution in [1.82, 2.24) is 9.47 Å². The van der Waals surface area contributed by atoms with Gasteiger partial charge >= 0.3 is 0 Å². The number of Topliss-reactive ketones (excluding diaryl/α,β-unsaturated/α-hetero) is 1. The number of fused-ring (bicyclic) bond motifs is 2. The van der Waals surface area contributed by atoms with Crippen molar-refractivity contribution in [3.05, 3.63) is 63.1 Å². The lowest BCUT2D eigenvalue weighted by atomic mass is 9.99. The molecule has 0 bridgehead atoms. The lowest BCUT2D eigenvalue weighted by molar-refractivity contribution is 0.0543. The average molecular weight is 460 g/mol. The first-order chi connectivity index (χ1) is 15.6. The number of hydrogen-bond donors (Lipinski definition) is 1. The van der Waals surface area contributed by atoms with E-state index in [9.17, 15) is 28.3 Å². The predicted octanol–water partition coefficient (Wildman–Crippen LogP) is 2.87. The summed E-state index contributed by atoms with van der Waals surface area (Å²) in [7, 11) is 1.58. The largest absolute Gasteiger partial charge is 0.503 e. The number of nitrogens with zero attached hydrogens (tertiary/aromatic N) is 2. The molecule has 9 heteroatoms. The number of carbonyl (C=O) groups excluding carboxylic acids is 2. The molecule has 2 atom stereocenters. The fourth-order valence-electron chi connectivity index (χ4n) is 4.73. The molecule has 2 aliphatic rings. The zero-order valence-electron chi connectivity index (χ0n) is 18.7. The summed E-state index contributed by atoms with van der Waals surface area (Å²) in [6, 6.07) is 2.94. The van der Waals surface area contributed by atoms with Crippen molar-refractivity contribution in [2.45, 2.75) is 44.7 Å². The minimum Gasteiger partial charge on any atom is -0.503 e. The molecule has 0 radical (unpaired) electrons. The number of hydrogen-bond acceptors (Lipinski definition) is 5. The monoisotopic (exact) mass is 460 g/mol. The molecule has 1 aliphatic heterocycles. The van der Waals surface area contributed by atoms with Crippen LogP contribution >= 0.6 is 0 Å². The number of benzene rings is 1. The molecule has 0 saturated heterocycles. The highest BCUT2D eigenvalue weighted by Gasteiger charge is 2.60. The maximum atomic E-state index is 13.9. The number of pyridine rings is 1. The van der Waals surface area contributed by atoms with Gasteiger partial charge in [0.2, 0.25) is 5.43 Å². The fraction of sp³-hybridized carbons (Fsp3) is 0.458. The van der Waals surface area contributed by atoms with Crippen molar-refractivity contribution in [3.63, 3.8) is 0 Å². The van der Waals surface area contributed by atoms with Crippen LogP contribution in [0, 0.1) is 17.6 Å². The maximum absolute atomic E-state index is 13.9. The van der Waals surface area contributed by atoms with Gasteiger partial charge in [-0.05, 0) is 38.3 Å². The Morgan fingerprint density at radius 2 is 2.03 bits per heavy atom. The molecular weight excluding hydrogens is 434 g/mol. The van der Waals surface area contributed by atoms with Gasteiger partial charge in [-0.15, -0.1) is 0 Å². The standard InChI is InChI=1S/C24H26F2N2O5/c1-13(2)27-12-24(9-15(24)11-33-3)28-10-17(21(30)22(31)20(28)23(27)32)19(29)7-5-14-4-6-16(25)8-18(14)26/h4,6,8,10,13,15,31H,5,7,9,11-12H2,1-3H3/t15-,24+/m1/s1. The van der Waals surface area contributed by atoms with Gasteiger partial charge in [0.25, 0.3) is 5.91 Å². The van der Waals surface area contributed by atoms with Gasteiger partial charge in [0.15, 0.2) is 17.2 Å². The average Bonchev–Trinajstić information content (AvgIpc) is 3.44. The number of rotatable bonds is 7. The van der Waals surface area contributed by atoms with Crippen LogP contribution in [0.25, 0.3) is 0 Å². The van der Waals surface area contributed by atoms with Gasteiger partial charge < -0.3 is 19.3 Å². The zero-order valence-corrected chi connectivity index (χ0v) is 18.7. The number of ketones is 1. The van der Waals surface area contributed by atoms with Crippen molar-refractivity contribution in [2.24, 2.45) is 5.92 Å². The Labute approximate surface area is 189 Å². The molecule has 1 fully saturated rings. The highest BCUT2D eigenvalue weighted by Crippen LogP contribution is 2.54. The molecule has 33 heavy (non-hydrogen) atoms. The van der Waals surface area contributed by atoms with E-state index in [1.54, 1.807) is 16.6 Å². The van der Waals surface area contributed by atoms with E-state index in [1.807, 2.05) is 13.8 Å². The van der Waals surface area contributed by atoms with Crippen LogP contribution in [-0.4, -0.2) is 52.6 Å². The minimum atomic E-state index is -0.927. The molecular formula is C24H26F2N2O5. The van der Waals surface area contributed by atoms with E-state index >= 15 is 0 Å². The van der Waals surface area contributed by atoms with Crippen molar-refractivity contribution in [1.29, 1.82) is 0 Å². The van der Waals surface area contributed by atoms with E-state index in [0.29, 0.717) is 19.6 Å². The van der Waals surface area contributed by atoms with Crippen LogP contribution in [0.2, 0.25) is 0 Å². The Morgan fingerprint density at radius 3 is 2.67 bits per heavy atom. The topological polar surface area (TPSA) is 88.8 Å². The van der Waals surface area contributed by atoms with E-state index < -0.39 is 40.0 Å². The molecule has 1 spiro atoms. The first kappa shape index (κ1) is 23.1. The van der Waals surface area contributed by atoms with Gasteiger partial charge in [0, 0.05) is 44.3 Å². The summed E-state index contributed by atoms with van der Waals surface area (Å²) in [5, 5.41) is 10.7. The maximum Gasteiger partial charge on any atom is 0.274 e. The Kier molecular flexibility index (Phi) is 5.86. The van der Waals surface area contributed by atoms with Gasteiger partial charge in [0.05, 0.1) is 17.7 Å². The number of aromatic hydroxyl groups is 1. The number of aromatic nitrogens is 1. The Bertz CT molecular complexity index is 1190. The fourth-order valence-corrected chi connectivity index (χ4v) is 4.73. The molecule has 1 aromatic heterocycles. The summed E-state index contributed by atoms with van der Waals surface area (Å²) in [6.45, 7) is 4.52. The summed E-state index contributed by atoms with van der Waals surface area (Å²) >= 11 is 0. The summed E-state index contributed by atoms with van der Waals surface area (Å²) in [4.78, 5) is 40.5. The first-order valence-corrected chi connectivity index (χ1v) is 10.9. The molecule has 2 aromatic rings. The zero-order chi connectivity index (χ0) is 24.1. The predicted molar refractivity (Wildman–Crippen MR) is 116 cm³/mol. The van der Waals surface area contributed by atoms with Gasteiger partial charge in [-0.25, -0.2) is 8.78 Å². The number of amides is 1. The molecule has 1 N–H and O–H groups in total. The summed E-state index contributed by atoms with van der Waals surface area (Å²) in [5.41, 5.74) is -1.74. The highest BCUT2D eigenvalue weighted by molar-refractivity contribution is 6.00. The SMILES string of the molecule is COC[C@H]1C[C@]12CN(C(C)C)C(=O)c1c(O)c(=O)c(C(=O)CCc3ccc(F)cc3F)cn12. The van der Waals surface area contributed by atoms with Crippen LogP contribution in [0.5, 0.6) is 5.75 Å². The molecule has 1 aromatic carbocycles. The van der Waals surface area contributed by atoms with Crippen molar-refractivity contribution in [3.8, 4) is 5.75 Å². The minimum absolute atomic E-state index is 0.0373. The number of methoxy groups -OCH3 is 1. The number of aryl methyl sites for hydroxylation is 1. The summed E-state index contributed by atoms with van der Waals surface area (Å²) in [5.74, 6) is -3.26. The van der Waals surface area contributed by atoms with Gasteiger partial charge in [-0.1, -0.05) is 6.07 Å². The van der Waals surface area contributed by atoms with E-state index in [-0.39, 0.29) is 41.6 Å².